The van der Waals surface area contributed by atoms with Crippen LogP contribution in [0.4, 0.5) is 13.2 Å². The fourth-order valence-electron chi connectivity index (χ4n) is 4.67. The molecule has 11 heteroatoms. The molecule has 4 rings (SSSR count). The van der Waals surface area contributed by atoms with Gasteiger partial charge in [-0.15, -0.1) is 0 Å². The van der Waals surface area contributed by atoms with Gasteiger partial charge < -0.3 is 4.90 Å². The average molecular weight is 494 g/mol. The summed E-state index contributed by atoms with van der Waals surface area (Å²) in [6.45, 7) is 1.20. The van der Waals surface area contributed by atoms with Crippen molar-refractivity contribution in [2.24, 2.45) is 0 Å². The van der Waals surface area contributed by atoms with Crippen LogP contribution in [0.5, 0.6) is 0 Å². The second kappa shape index (κ2) is 9.12. The van der Waals surface area contributed by atoms with E-state index in [1.165, 1.54) is 4.31 Å². The van der Waals surface area contributed by atoms with Gasteiger partial charge in [-0.3, -0.25) is 9.69 Å². The van der Waals surface area contributed by atoms with E-state index in [9.17, 15) is 26.4 Å². The summed E-state index contributed by atoms with van der Waals surface area (Å²) in [7, 11) is -4.09. The topological polar surface area (TPSA) is 60.9 Å². The number of sulfonamides is 1. The van der Waals surface area contributed by atoms with Crippen LogP contribution in [0.3, 0.4) is 0 Å². The Balaban J connectivity index is 1.38. The van der Waals surface area contributed by atoms with E-state index in [1.807, 2.05) is 4.90 Å². The molecular formula is C21H27ClF3N3O3S. The van der Waals surface area contributed by atoms with Crippen molar-refractivity contribution in [3.63, 3.8) is 0 Å². The minimum Gasteiger partial charge on any atom is -0.336 e. The lowest BCUT2D eigenvalue weighted by Crippen LogP contribution is -2.52. The van der Waals surface area contributed by atoms with Crippen LogP contribution in [-0.2, 0) is 21.0 Å². The smallest absolute Gasteiger partial charge is 0.336 e. The molecule has 1 amide bonds. The van der Waals surface area contributed by atoms with Gasteiger partial charge in [0.25, 0.3) is 0 Å². The number of piperazine rings is 1. The van der Waals surface area contributed by atoms with Crippen LogP contribution in [-0.4, -0.2) is 73.2 Å². The zero-order valence-electron chi connectivity index (χ0n) is 17.7. The first kappa shape index (κ1) is 23.8. The molecule has 1 saturated heterocycles. The number of carbonyl (C=O) groups excluding carboxylic acids is 1. The van der Waals surface area contributed by atoms with Gasteiger partial charge in [0.05, 0.1) is 22.0 Å². The predicted octanol–water partition coefficient (Wildman–Crippen LogP) is 3.60. The molecule has 3 fully saturated rings. The Morgan fingerprint density at radius 3 is 2.19 bits per heavy atom. The summed E-state index contributed by atoms with van der Waals surface area (Å²) in [5.41, 5.74) is -1.17. The molecule has 1 aromatic rings. The second-order valence-corrected chi connectivity index (χ2v) is 11.1. The quantitative estimate of drug-likeness (QED) is 0.607. The molecule has 1 aromatic carbocycles. The van der Waals surface area contributed by atoms with Crippen LogP contribution in [0.1, 0.15) is 44.1 Å². The summed E-state index contributed by atoms with van der Waals surface area (Å²) in [5, 5.41) is -0.540. The third-order valence-corrected chi connectivity index (χ3v) is 8.74. The Morgan fingerprint density at radius 2 is 1.62 bits per heavy atom. The Kier molecular flexibility index (Phi) is 6.78. The highest BCUT2D eigenvalue weighted by atomic mass is 35.5. The fraction of sp³-hybridized carbons (Fsp3) is 0.667. The number of rotatable bonds is 6. The molecule has 32 heavy (non-hydrogen) atoms. The van der Waals surface area contributed by atoms with Crippen molar-refractivity contribution in [2.75, 3.05) is 32.7 Å². The number of benzene rings is 1. The van der Waals surface area contributed by atoms with Gasteiger partial charge in [-0.1, -0.05) is 24.4 Å². The van der Waals surface area contributed by atoms with Crippen molar-refractivity contribution in [1.82, 2.24) is 14.1 Å². The van der Waals surface area contributed by atoms with Crippen LogP contribution in [0, 0.1) is 0 Å². The molecule has 0 atom stereocenters. The van der Waals surface area contributed by atoms with Gasteiger partial charge in [0.2, 0.25) is 15.9 Å². The van der Waals surface area contributed by atoms with Crippen LogP contribution < -0.4 is 0 Å². The first-order valence-corrected chi connectivity index (χ1v) is 12.8. The van der Waals surface area contributed by atoms with Crippen LogP contribution >= 0.6 is 11.6 Å². The van der Waals surface area contributed by atoms with Crippen molar-refractivity contribution < 1.29 is 26.4 Å². The largest absolute Gasteiger partial charge is 0.417 e. The van der Waals surface area contributed by atoms with E-state index in [0.717, 1.165) is 50.7 Å². The highest BCUT2D eigenvalue weighted by Crippen LogP contribution is 2.37. The van der Waals surface area contributed by atoms with Gasteiger partial charge in [0.1, 0.15) is 0 Å². The monoisotopic (exact) mass is 493 g/mol. The number of carbonyl (C=O) groups is 1. The SMILES string of the molecule is O=C(CN1CCN(S(=O)(=O)c2ccc(Cl)c(C(F)(F)F)c2)CC1)N(C1CCCC1)C1CC1. The summed E-state index contributed by atoms with van der Waals surface area (Å²) in [4.78, 5) is 16.5. The Morgan fingerprint density at radius 1 is 1.03 bits per heavy atom. The Bertz CT molecular complexity index is 955. The third kappa shape index (κ3) is 5.08. The lowest BCUT2D eigenvalue weighted by Gasteiger charge is -2.36. The van der Waals surface area contributed by atoms with Gasteiger partial charge in [0.15, 0.2) is 0 Å². The molecule has 3 aliphatic rings. The number of alkyl halides is 3. The first-order chi connectivity index (χ1) is 15.1. The summed E-state index contributed by atoms with van der Waals surface area (Å²) < 4.78 is 66.4. The van der Waals surface area contributed by atoms with Crippen LogP contribution in [0.2, 0.25) is 5.02 Å². The Hall–Kier alpha value is -1.36. The molecule has 0 N–H and O–H groups in total. The van der Waals surface area contributed by atoms with Crippen molar-refractivity contribution in [1.29, 1.82) is 0 Å². The molecular weight excluding hydrogens is 467 g/mol. The van der Waals surface area contributed by atoms with Crippen molar-refractivity contribution in [2.45, 2.75) is 61.7 Å². The molecule has 1 heterocycles. The highest BCUT2D eigenvalue weighted by molar-refractivity contribution is 7.89. The molecule has 0 unspecified atom stereocenters. The summed E-state index contributed by atoms with van der Waals surface area (Å²) >= 11 is 5.61. The zero-order valence-corrected chi connectivity index (χ0v) is 19.2. The van der Waals surface area contributed by atoms with Crippen LogP contribution in [0.25, 0.3) is 0 Å². The van der Waals surface area contributed by atoms with Crippen molar-refractivity contribution in [3.8, 4) is 0 Å². The summed E-state index contributed by atoms with van der Waals surface area (Å²) in [6.07, 6.45) is 1.76. The highest BCUT2D eigenvalue weighted by Gasteiger charge is 2.40. The predicted molar refractivity (Wildman–Crippen MR) is 114 cm³/mol. The summed E-state index contributed by atoms with van der Waals surface area (Å²) in [5.74, 6) is 0.100. The average Bonchev–Trinajstić information content (AvgIpc) is 3.41. The van der Waals surface area contributed by atoms with Gasteiger partial charge in [-0.2, -0.15) is 17.5 Å². The molecule has 0 aromatic heterocycles. The number of amides is 1. The molecule has 2 saturated carbocycles. The van der Waals surface area contributed by atoms with E-state index < -0.39 is 31.7 Å². The molecule has 0 bridgehead atoms. The van der Waals surface area contributed by atoms with Crippen LogP contribution in [0.15, 0.2) is 23.1 Å². The maximum atomic E-state index is 13.1. The summed E-state index contributed by atoms with van der Waals surface area (Å²) in [6, 6.07) is 3.31. The molecule has 1 aliphatic heterocycles. The van der Waals surface area contributed by atoms with Gasteiger partial charge >= 0.3 is 6.18 Å². The van der Waals surface area contributed by atoms with E-state index in [0.29, 0.717) is 31.2 Å². The van der Waals surface area contributed by atoms with Crippen molar-refractivity contribution in [3.05, 3.63) is 28.8 Å². The molecule has 0 radical (unpaired) electrons. The Labute approximate surface area is 191 Å². The number of nitrogens with zero attached hydrogens (tertiary/aromatic N) is 3. The number of halogens is 4. The maximum absolute atomic E-state index is 13.1. The van der Waals surface area contributed by atoms with Gasteiger partial charge in [-0.25, -0.2) is 8.42 Å². The van der Waals surface area contributed by atoms with E-state index in [-0.39, 0.29) is 25.5 Å². The first-order valence-electron chi connectivity index (χ1n) is 11.0. The number of hydrogen-bond donors (Lipinski definition) is 0. The zero-order chi connectivity index (χ0) is 23.1. The number of hydrogen-bond acceptors (Lipinski definition) is 4. The minimum atomic E-state index is -4.74. The third-order valence-electron chi connectivity index (χ3n) is 6.52. The normalized spacial score (nSPS) is 21.8. The molecule has 0 spiro atoms. The molecule has 2 aliphatic carbocycles. The molecule has 178 valence electrons. The maximum Gasteiger partial charge on any atom is 0.417 e. The lowest BCUT2D eigenvalue weighted by atomic mass is 10.2. The fourth-order valence-corrected chi connectivity index (χ4v) is 6.35. The van der Waals surface area contributed by atoms with Gasteiger partial charge in [-0.05, 0) is 43.9 Å². The second-order valence-electron chi connectivity index (χ2n) is 8.79. The van der Waals surface area contributed by atoms with Gasteiger partial charge in [0, 0.05) is 38.3 Å². The van der Waals surface area contributed by atoms with E-state index in [1.54, 1.807) is 0 Å². The molecule has 6 nitrogen and oxygen atoms in total. The lowest BCUT2D eigenvalue weighted by molar-refractivity contribution is -0.137. The van der Waals surface area contributed by atoms with Crippen molar-refractivity contribution >= 4 is 27.5 Å². The van der Waals surface area contributed by atoms with E-state index in [4.69, 9.17) is 11.6 Å². The van der Waals surface area contributed by atoms with E-state index >= 15 is 0 Å². The standard InChI is InChI=1S/C21H27ClF3N3O3S/c22-19-8-7-17(13-18(19)21(23,24)25)32(30,31)27-11-9-26(10-12-27)14-20(29)28(16-5-6-16)15-3-1-2-4-15/h7-8,13,15-16H,1-6,9-12,14H2. The minimum absolute atomic E-state index is 0.100. The van der Waals surface area contributed by atoms with E-state index in [2.05, 4.69) is 4.90 Å².